The molecule has 5 nitrogen and oxygen atoms in total. The summed E-state index contributed by atoms with van der Waals surface area (Å²) in [5.41, 5.74) is 7.98. The third-order valence-electron chi connectivity index (χ3n) is 6.57. The van der Waals surface area contributed by atoms with E-state index in [4.69, 9.17) is 10.5 Å². The smallest absolute Gasteiger partial charge is 0.412 e. The molecule has 1 saturated carbocycles. The third-order valence-corrected chi connectivity index (χ3v) is 6.57. The molecule has 3 rings (SSSR count). The largest absolute Gasteiger partial charge is 0.444 e. The maximum Gasteiger partial charge on any atom is 0.412 e. The minimum atomic E-state index is -0.540. The number of nitrogens with one attached hydrogen (secondary N) is 1. The van der Waals surface area contributed by atoms with Gasteiger partial charge in [-0.3, -0.25) is 10.1 Å². The lowest BCUT2D eigenvalue weighted by Crippen LogP contribution is -2.54. The van der Waals surface area contributed by atoms with Crippen LogP contribution in [-0.2, 0) is 21.4 Å². The molecule has 2 amide bonds. The zero-order chi connectivity index (χ0) is 20.0. The fraction of sp³-hybridized carbons (Fsp3) is 0.636. The van der Waals surface area contributed by atoms with Gasteiger partial charge in [-0.05, 0) is 81.0 Å². The SMILES string of the molecule is CC(C)(C)OC(=O)Nc1ccc2c(c1)[C@@]1(C)CCC[C@](C)(C(N)=O)[C@@H]1CC2. The number of carbonyl (C=O) groups is 2. The van der Waals surface area contributed by atoms with Crippen molar-refractivity contribution in [2.45, 2.75) is 77.7 Å². The maximum atomic E-state index is 12.3. The van der Waals surface area contributed by atoms with E-state index in [9.17, 15) is 9.59 Å². The molecule has 3 N–H and O–H groups in total. The summed E-state index contributed by atoms with van der Waals surface area (Å²) < 4.78 is 5.37. The number of hydrogen-bond donors (Lipinski definition) is 2. The summed E-state index contributed by atoms with van der Waals surface area (Å²) in [6.45, 7) is 9.83. The van der Waals surface area contributed by atoms with Crippen LogP contribution in [0.25, 0.3) is 0 Å². The first kappa shape index (κ1) is 19.7. The van der Waals surface area contributed by atoms with E-state index in [1.807, 2.05) is 33.8 Å². The fourth-order valence-corrected chi connectivity index (χ4v) is 5.25. The number of nitrogens with two attached hydrogens (primary N) is 1. The van der Waals surface area contributed by atoms with Gasteiger partial charge in [0, 0.05) is 11.1 Å². The van der Waals surface area contributed by atoms with Crippen LogP contribution in [0.2, 0.25) is 0 Å². The van der Waals surface area contributed by atoms with Gasteiger partial charge in [0.2, 0.25) is 5.91 Å². The topological polar surface area (TPSA) is 81.4 Å². The van der Waals surface area contributed by atoms with Crippen LogP contribution in [0, 0.1) is 11.3 Å². The second kappa shape index (κ2) is 6.54. The molecule has 5 heteroatoms. The van der Waals surface area contributed by atoms with Crippen LogP contribution in [-0.4, -0.2) is 17.6 Å². The molecule has 0 spiro atoms. The fourth-order valence-electron chi connectivity index (χ4n) is 5.25. The van der Waals surface area contributed by atoms with E-state index in [1.165, 1.54) is 11.1 Å². The van der Waals surface area contributed by atoms with Crippen molar-refractivity contribution in [2.75, 3.05) is 5.32 Å². The van der Waals surface area contributed by atoms with E-state index in [0.717, 1.165) is 37.8 Å². The molecule has 3 atom stereocenters. The lowest BCUT2D eigenvalue weighted by Gasteiger charge is -2.54. The molecule has 0 unspecified atom stereocenters. The Kier molecular flexibility index (Phi) is 4.77. The van der Waals surface area contributed by atoms with Gasteiger partial charge in [-0.2, -0.15) is 0 Å². The molecule has 1 fully saturated rings. The zero-order valence-corrected chi connectivity index (χ0v) is 17.1. The van der Waals surface area contributed by atoms with Gasteiger partial charge in [-0.25, -0.2) is 4.79 Å². The van der Waals surface area contributed by atoms with Gasteiger partial charge in [0.15, 0.2) is 0 Å². The van der Waals surface area contributed by atoms with Gasteiger partial charge in [-0.15, -0.1) is 0 Å². The van der Waals surface area contributed by atoms with E-state index in [-0.39, 0.29) is 17.2 Å². The maximum absolute atomic E-state index is 12.3. The van der Waals surface area contributed by atoms with Crippen molar-refractivity contribution in [1.82, 2.24) is 0 Å². The van der Waals surface area contributed by atoms with Crippen molar-refractivity contribution < 1.29 is 14.3 Å². The molecular weight excluding hydrogens is 340 g/mol. The first-order chi connectivity index (χ1) is 12.5. The number of anilines is 1. The van der Waals surface area contributed by atoms with E-state index in [2.05, 4.69) is 24.4 Å². The Hall–Kier alpha value is -2.04. The molecule has 0 radical (unpaired) electrons. The number of hydrogen-bond acceptors (Lipinski definition) is 3. The quantitative estimate of drug-likeness (QED) is 0.800. The summed E-state index contributed by atoms with van der Waals surface area (Å²) in [4.78, 5) is 24.4. The molecule has 1 aromatic carbocycles. The van der Waals surface area contributed by atoms with E-state index >= 15 is 0 Å². The number of aryl methyl sites for hydroxylation is 1. The van der Waals surface area contributed by atoms with Crippen LogP contribution in [0.5, 0.6) is 0 Å². The predicted molar refractivity (Wildman–Crippen MR) is 107 cm³/mol. The second-order valence-electron chi connectivity index (χ2n) is 9.64. The standard InChI is InChI=1S/C22H32N2O3/c1-20(2,3)27-19(26)24-15-9-7-14-8-10-17-21(4,16(14)13-15)11-6-12-22(17,5)18(23)25/h7,9,13,17H,6,8,10-12H2,1-5H3,(H2,23,25)(H,24,26)/t17-,21-,22+/m1/s1. The van der Waals surface area contributed by atoms with Gasteiger partial charge < -0.3 is 10.5 Å². The highest BCUT2D eigenvalue weighted by Crippen LogP contribution is 2.57. The normalized spacial score (nSPS) is 30.0. The Morgan fingerprint density at radius 2 is 1.93 bits per heavy atom. The molecule has 27 heavy (non-hydrogen) atoms. The van der Waals surface area contributed by atoms with E-state index in [1.54, 1.807) is 0 Å². The first-order valence-electron chi connectivity index (χ1n) is 9.89. The number of fused-ring (bicyclic) bond motifs is 3. The van der Waals surface area contributed by atoms with Crippen LogP contribution < -0.4 is 11.1 Å². The van der Waals surface area contributed by atoms with Gasteiger partial charge in [-0.1, -0.05) is 26.3 Å². The minimum absolute atomic E-state index is 0.110. The molecule has 0 saturated heterocycles. The Bertz CT molecular complexity index is 767. The van der Waals surface area contributed by atoms with Crippen LogP contribution in [0.3, 0.4) is 0 Å². The number of ether oxygens (including phenoxy) is 1. The highest BCUT2D eigenvalue weighted by molar-refractivity contribution is 5.85. The molecule has 2 aliphatic rings. The Morgan fingerprint density at radius 3 is 2.56 bits per heavy atom. The number of amides is 2. The Morgan fingerprint density at radius 1 is 1.22 bits per heavy atom. The van der Waals surface area contributed by atoms with Gasteiger partial charge >= 0.3 is 6.09 Å². The molecule has 0 bridgehead atoms. The van der Waals surface area contributed by atoms with Crippen molar-refractivity contribution in [2.24, 2.45) is 17.1 Å². The third kappa shape index (κ3) is 3.56. The number of rotatable bonds is 2. The van der Waals surface area contributed by atoms with Crippen molar-refractivity contribution in [3.63, 3.8) is 0 Å². The molecule has 0 aliphatic heterocycles. The lowest BCUT2D eigenvalue weighted by molar-refractivity contribution is -0.135. The second-order valence-corrected chi connectivity index (χ2v) is 9.64. The average molecular weight is 373 g/mol. The molecule has 0 aromatic heterocycles. The number of primary amides is 1. The lowest BCUT2D eigenvalue weighted by atomic mass is 9.49. The van der Waals surface area contributed by atoms with Crippen LogP contribution >= 0.6 is 0 Å². The predicted octanol–water partition coefficient (Wildman–Crippen LogP) is 4.53. The summed E-state index contributed by atoms with van der Waals surface area (Å²) in [6, 6.07) is 6.10. The van der Waals surface area contributed by atoms with Crippen LogP contribution in [0.4, 0.5) is 10.5 Å². The van der Waals surface area contributed by atoms with E-state index in [0.29, 0.717) is 0 Å². The zero-order valence-electron chi connectivity index (χ0n) is 17.1. The number of benzene rings is 1. The van der Waals surface area contributed by atoms with Crippen LogP contribution in [0.1, 0.15) is 71.4 Å². The highest BCUT2D eigenvalue weighted by Gasteiger charge is 2.54. The summed E-state index contributed by atoms with van der Waals surface area (Å²) in [5.74, 6) is 0.0328. The Balaban J connectivity index is 1.93. The average Bonchev–Trinajstić information content (AvgIpc) is 2.53. The van der Waals surface area contributed by atoms with E-state index < -0.39 is 17.1 Å². The number of carbonyl (C=O) groups excluding carboxylic acids is 2. The van der Waals surface area contributed by atoms with Crippen molar-refractivity contribution >= 4 is 17.7 Å². The molecule has 148 valence electrons. The summed E-state index contributed by atoms with van der Waals surface area (Å²) >= 11 is 0. The van der Waals surface area contributed by atoms with Crippen molar-refractivity contribution in [3.8, 4) is 0 Å². The first-order valence-corrected chi connectivity index (χ1v) is 9.89. The summed E-state index contributed by atoms with van der Waals surface area (Å²) in [7, 11) is 0. The van der Waals surface area contributed by atoms with Crippen molar-refractivity contribution in [1.29, 1.82) is 0 Å². The molecular formula is C22H32N2O3. The summed E-state index contributed by atoms with van der Waals surface area (Å²) in [6.07, 6.45) is 4.32. The summed E-state index contributed by atoms with van der Waals surface area (Å²) in [5, 5.41) is 2.85. The van der Waals surface area contributed by atoms with Crippen molar-refractivity contribution in [3.05, 3.63) is 29.3 Å². The van der Waals surface area contributed by atoms with Gasteiger partial charge in [0.25, 0.3) is 0 Å². The van der Waals surface area contributed by atoms with Gasteiger partial charge in [0.05, 0.1) is 0 Å². The molecule has 0 heterocycles. The van der Waals surface area contributed by atoms with Crippen LogP contribution in [0.15, 0.2) is 18.2 Å². The molecule has 1 aromatic rings. The minimum Gasteiger partial charge on any atom is -0.444 e. The monoisotopic (exact) mass is 372 g/mol. The Labute approximate surface area is 162 Å². The highest BCUT2D eigenvalue weighted by atomic mass is 16.6. The molecule has 2 aliphatic carbocycles. The van der Waals surface area contributed by atoms with Gasteiger partial charge in [0.1, 0.15) is 5.60 Å².